The summed E-state index contributed by atoms with van der Waals surface area (Å²) in [6.45, 7) is 3.20. The summed E-state index contributed by atoms with van der Waals surface area (Å²) >= 11 is 0. The first-order valence-corrected chi connectivity index (χ1v) is 31.5. The van der Waals surface area contributed by atoms with E-state index in [9.17, 15) is 26.3 Å². The number of benzene rings is 6. The van der Waals surface area contributed by atoms with Crippen molar-refractivity contribution in [3.63, 3.8) is 0 Å². The van der Waals surface area contributed by atoms with Gasteiger partial charge in [0.05, 0.1) is 51.8 Å². The average Bonchev–Trinajstić information content (AvgIpc) is 1.65. The lowest BCUT2D eigenvalue weighted by atomic mass is 10.0. The Kier molecular flexibility index (Phi) is 20.7. The van der Waals surface area contributed by atoms with Crippen molar-refractivity contribution >= 4 is 75.0 Å². The van der Waals surface area contributed by atoms with Crippen LogP contribution >= 0.6 is 0 Å². The molecule has 0 amide bonds. The molecule has 0 spiro atoms. The number of fused-ring (bicyclic) bond motifs is 3. The van der Waals surface area contributed by atoms with E-state index >= 15 is 0 Å². The third-order valence-electron chi connectivity index (χ3n) is 16.4. The molecule has 95 heavy (non-hydrogen) atoms. The van der Waals surface area contributed by atoms with E-state index in [4.69, 9.17) is 19.7 Å². The van der Waals surface area contributed by atoms with Crippen molar-refractivity contribution in [2.24, 2.45) is 4.99 Å². The van der Waals surface area contributed by atoms with Gasteiger partial charge in [-0.05, 0) is 219 Å². The summed E-state index contributed by atoms with van der Waals surface area (Å²) in [4.78, 5) is 21.5. The van der Waals surface area contributed by atoms with Gasteiger partial charge in [0.2, 0.25) is 0 Å². The van der Waals surface area contributed by atoms with Gasteiger partial charge in [-0.3, -0.25) is 19.9 Å². The van der Waals surface area contributed by atoms with Crippen molar-refractivity contribution in [1.82, 2.24) is 34.5 Å². The van der Waals surface area contributed by atoms with E-state index in [1.165, 1.54) is 36.4 Å². The molecular weight excluding hydrogens is 1210 g/mol. The van der Waals surface area contributed by atoms with Crippen molar-refractivity contribution in [2.45, 2.75) is 77.2 Å². The van der Waals surface area contributed by atoms with E-state index in [-0.39, 0.29) is 12.5 Å². The average molecular weight is 1280 g/mol. The Bertz CT molecular complexity index is 4510. The number of ether oxygens (including phenoxy) is 2. The Morgan fingerprint density at radius 1 is 0.474 bits per heavy atom. The van der Waals surface area contributed by atoms with Gasteiger partial charge in [-0.2, -0.15) is 10.2 Å². The molecule has 2 fully saturated rings. The number of pyridine rings is 3. The standard InChI is InChI=1S/C27H26F2N4O.C26H24F2N4O.C23H19F2N3/c1-32(18-19-14-20(28)16-21(29)15-19)23-9-11-26-24(17-23)25(10-8-22-6-2-4-12-30-22)31-33(26)27-7-3-5-13-34-27;27-19-13-18(14-20(28)15-19)17-30-22-8-10-25-23(16-22)24(9-7-21-5-1-3-11-29-21)31-32(25)26-6-2-4-12-33-26;1-28(15-16-10-18(24)12-19(25)11-16)21-7-5-17-14-27-23(22(17)13-21)8-6-20-4-2-3-9-26-20/h2,4,6,8-12,14-17,27H,3,5,7,13,18H2,1H3;1,3,5,7-11,13-16,26,30H,2,4,6,12,17H2;2-13H,14-15H2,1H3/b10-8+;9-7+;8-6+. The zero-order valence-electron chi connectivity index (χ0n) is 52.5. The number of nitrogens with zero attached hydrogens (tertiary/aromatic N) is 10. The van der Waals surface area contributed by atoms with Crippen molar-refractivity contribution in [3.8, 4) is 0 Å². The molecule has 11 aromatic rings. The Balaban J connectivity index is 0.000000137. The minimum atomic E-state index is -0.585. The van der Waals surface area contributed by atoms with Crippen LogP contribution in [0.4, 0.5) is 43.4 Å². The second-order valence-corrected chi connectivity index (χ2v) is 23.4. The maximum Gasteiger partial charge on any atom is 0.150 e. The van der Waals surface area contributed by atoms with E-state index in [2.05, 4.69) is 43.5 Å². The molecule has 0 radical (unpaired) electrons. The number of halogens is 6. The quantitative estimate of drug-likeness (QED) is 0.0882. The van der Waals surface area contributed by atoms with E-state index in [1.54, 1.807) is 18.6 Å². The molecule has 3 aliphatic rings. The highest BCUT2D eigenvalue weighted by Crippen LogP contribution is 2.34. The molecule has 19 heteroatoms. The molecule has 1 N–H and O–H groups in total. The van der Waals surface area contributed by atoms with Crippen LogP contribution in [-0.4, -0.2) is 67.5 Å². The first-order valence-electron chi connectivity index (χ1n) is 31.5. The second kappa shape index (κ2) is 30.5. The van der Waals surface area contributed by atoms with Gasteiger partial charge in [-0.1, -0.05) is 24.3 Å². The number of aromatic nitrogens is 7. The molecule has 0 aliphatic carbocycles. The van der Waals surface area contributed by atoms with E-state index in [1.807, 2.05) is 161 Å². The Hall–Kier alpha value is -10.5. The lowest BCUT2D eigenvalue weighted by Gasteiger charge is -2.24. The fourth-order valence-corrected chi connectivity index (χ4v) is 11.7. The molecule has 0 saturated carbocycles. The highest BCUT2D eigenvalue weighted by atomic mass is 19.2. The van der Waals surface area contributed by atoms with Crippen molar-refractivity contribution in [3.05, 3.63) is 280 Å². The van der Waals surface area contributed by atoms with Crippen LogP contribution < -0.4 is 15.1 Å². The molecule has 2 saturated heterocycles. The van der Waals surface area contributed by atoms with Crippen LogP contribution in [-0.2, 0) is 35.7 Å². The fraction of sp³-hybridized carbons (Fsp3) is 0.211. The maximum absolute atomic E-state index is 13.7. The molecule has 482 valence electrons. The topological polar surface area (TPSA) is 124 Å². The molecule has 2 unspecified atom stereocenters. The second-order valence-electron chi connectivity index (χ2n) is 23.4. The van der Waals surface area contributed by atoms with Crippen LogP contribution in [0.5, 0.6) is 0 Å². The van der Waals surface area contributed by atoms with Crippen molar-refractivity contribution in [2.75, 3.05) is 42.4 Å². The molecule has 14 rings (SSSR count). The molecule has 0 bridgehead atoms. The Labute approximate surface area is 547 Å². The third-order valence-corrected chi connectivity index (χ3v) is 16.4. The third kappa shape index (κ3) is 16.8. The zero-order chi connectivity index (χ0) is 65.6. The molecule has 8 heterocycles. The first kappa shape index (κ1) is 64.6. The SMILES string of the molecule is CN(Cc1cc(F)cc(F)c1)c1ccc2c(c1)C(/C=C/c1ccccn1)=NC2.CN(Cc1cc(F)cc(F)c1)c1ccc2c(c1)c(/C=C/c1ccccn1)nn2C1CCCCO1.Fc1cc(F)cc(CNc2ccc3c(c2)c(/C=C/c2ccccn2)nn3C2CCCCO2)c1. The van der Waals surface area contributed by atoms with Gasteiger partial charge in [0, 0.05) is 117 Å². The Morgan fingerprint density at radius 2 is 0.926 bits per heavy atom. The summed E-state index contributed by atoms with van der Waals surface area (Å²) in [5, 5.41) is 15.0. The largest absolute Gasteiger partial charge is 0.381 e. The lowest BCUT2D eigenvalue weighted by Crippen LogP contribution is -2.19. The highest BCUT2D eigenvalue weighted by Gasteiger charge is 2.24. The molecule has 13 nitrogen and oxygen atoms in total. The minimum absolute atomic E-state index is 0.0904. The maximum atomic E-state index is 13.7. The molecule has 6 aromatic carbocycles. The number of aliphatic imine (C=N–C) groups is 1. The van der Waals surface area contributed by atoms with Gasteiger partial charge in [0.25, 0.3) is 0 Å². The van der Waals surface area contributed by atoms with Crippen LogP contribution in [0, 0.1) is 34.9 Å². The van der Waals surface area contributed by atoms with E-state index < -0.39 is 34.9 Å². The number of hydrogen-bond donors (Lipinski definition) is 1. The minimum Gasteiger partial charge on any atom is -0.381 e. The van der Waals surface area contributed by atoms with Gasteiger partial charge in [-0.15, -0.1) is 0 Å². The van der Waals surface area contributed by atoms with Crippen LogP contribution in [0.2, 0.25) is 0 Å². The summed E-state index contributed by atoms with van der Waals surface area (Å²) in [7, 11) is 3.81. The molecule has 2 atom stereocenters. The van der Waals surface area contributed by atoms with Gasteiger partial charge in [0.15, 0.2) is 12.5 Å². The summed E-state index contributed by atoms with van der Waals surface area (Å²) in [6.07, 6.45) is 23.0. The number of hydrogen-bond acceptors (Lipinski definition) is 11. The first-order chi connectivity index (χ1) is 46.3. The van der Waals surface area contributed by atoms with E-state index in [0.717, 1.165) is 154 Å². The highest BCUT2D eigenvalue weighted by molar-refractivity contribution is 6.13. The fourth-order valence-electron chi connectivity index (χ4n) is 11.7. The number of allylic oxidation sites excluding steroid dienone is 1. The predicted molar refractivity (Wildman–Crippen MR) is 364 cm³/mol. The number of nitrogens with one attached hydrogen (secondary N) is 1. The van der Waals surface area contributed by atoms with Crippen LogP contribution in [0.1, 0.15) is 107 Å². The van der Waals surface area contributed by atoms with Gasteiger partial charge < -0.3 is 24.6 Å². The predicted octanol–water partition coefficient (Wildman–Crippen LogP) is 17.4. The van der Waals surface area contributed by atoms with Crippen molar-refractivity contribution < 1.29 is 35.8 Å². The van der Waals surface area contributed by atoms with E-state index in [0.29, 0.717) is 42.9 Å². The zero-order valence-corrected chi connectivity index (χ0v) is 52.5. The van der Waals surface area contributed by atoms with Gasteiger partial charge in [-0.25, -0.2) is 35.7 Å². The van der Waals surface area contributed by atoms with Crippen LogP contribution in [0.25, 0.3) is 52.2 Å². The summed E-state index contributed by atoms with van der Waals surface area (Å²) < 4.78 is 97.2. The summed E-state index contributed by atoms with van der Waals surface area (Å²) in [5.74, 6) is -3.45. The van der Waals surface area contributed by atoms with Crippen molar-refractivity contribution in [1.29, 1.82) is 0 Å². The lowest BCUT2D eigenvalue weighted by molar-refractivity contribution is -0.0368. The number of anilines is 3. The van der Waals surface area contributed by atoms with Gasteiger partial charge in [0.1, 0.15) is 34.9 Å². The summed E-state index contributed by atoms with van der Waals surface area (Å²) in [6, 6.07) is 46.2. The molecule has 5 aromatic heterocycles. The molecular formula is C76H69F6N11O2. The number of rotatable bonds is 17. The van der Waals surface area contributed by atoms with Gasteiger partial charge >= 0.3 is 0 Å². The Morgan fingerprint density at radius 3 is 1.40 bits per heavy atom. The monoisotopic (exact) mass is 1280 g/mol. The van der Waals surface area contributed by atoms with Crippen LogP contribution in [0.15, 0.2) is 193 Å². The van der Waals surface area contributed by atoms with Crippen LogP contribution in [0.3, 0.4) is 0 Å². The molecule has 3 aliphatic heterocycles. The smallest absolute Gasteiger partial charge is 0.150 e. The summed E-state index contributed by atoms with van der Waals surface area (Å²) in [5.41, 5.74) is 13.7. The normalized spacial score (nSPS) is 15.4.